The molecule has 0 saturated heterocycles. The summed E-state index contributed by atoms with van der Waals surface area (Å²) in [7, 11) is 0. The minimum Gasteiger partial charge on any atom is -0.0579 e. The maximum Gasteiger partial charge on any atom is 0.0345 e. The molecule has 2 heteroatoms. The first-order valence-electron chi connectivity index (χ1n) is 11.4. The summed E-state index contributed by atoms with van der Waals surface area (Å²) in [5.74, 6) is 12.8. The number of fused-ring (bicyclic) bond motifs is 2. The van der Waals surface area contributed by atoms with Crippen LogP contribution in [0.15, 0.2) is 60.7 Å². The monoisotopic (exact) mass is 666 g/mol. The van der Waals surface area contributed by atoms with Crippen LogP contribution in [0, 0.1) is 30.8 Å². The highest BCUT2D eigenvalue weighted by Crippen LogP contribution is 2.35. The van der Waals surface area contributed by atoms with E-state index in [1.165, 1.54) is 40.5 Å². The molecule has 4 rings (SSSR count). The van der Waals surface area contributed by atoms with E-state index in [4.69, 9.17) is 0 Å². The molecule has 0 heterocycles. The van der Waals surface area contributed by atoms with E-state index in [1.54, 1.807) is 0 Å². The highest BCUT2D eigenvalue weighted by Gasteiger charge is 2.17. The average Bonchev–Trinajstić information content (AvgIpc) is 3.00. The van der Waals surface area contributed by atoms with Crippen molar-refractivity contribution in [2.75, 3.05) is 0 Å². The molecular weight excluding hydrogens is 638 g/mol. The number of halogens is 2. The Morgan fingerprint density at radius 1 is 0.500 bits per heavy atom. The minimum atomic E-state index is 0.114. The van der Waals surface area contributed by atoms with Crippen molar-refractivity contribution in [1.82, 2.24) is 0 Å². The van der Waals surface area contributed by atoms with Crippen LogP contribution in [-0.4, -0.2) is 0 Å². The van der Waals surface area contributed by atoms with Gasteiger partial charge in [0.1, 0.15) is 0 Å². The molecule has 0 bridgehead atoms. The Balaban J connectivity index is 1.69. The van der Waals surface area contributed by atoms with Crippen molar-refractivity contribution in [3.05, 3.63) is 90.1 Å². The molecule has 0 aromatic carbocycles. The van der Waals surface area contributed by atoms with E-state index in [0.29, 0.717) is 0 Å². The molecule has 170 valence electrons. The van der Waals surface area contributed by atoms with E-state index in [0.717, 1.165) is 11.1 Å². The smallest absolute Gasteiger partial charge is 0.0345 e. The summed E-state index contributed by atoms with van der Waals surface area (Å²) in [5.41, 5.74) is 9.79. The molecule has 0 aromatic rings. The highest BCUT2D eigenvalue weighted by atomic mass is 127. The molecule has 4 aliphatic rings. The Labute approximate surface area is 231 Å². The number of hydrogen-bond donors (Lipinski definition) is 0. The molecule has 4 aliphatic carbocycles. The van der Waals surface area contributed by atoms with Crippen molar-refractivity contribution in [2.24, 2.45) is 0 Å². The van der Waals surface area contributed by atoms with E-state index in [1.807, 2.05) is 0 Å². The van der Waals surface area contributed by atoms with Gasteiger partial charge in [0.15, 0.2) is 0 Å². The van der Waals surface area contributed by atoms with E-state index < -0.39 is 0 Å². The fourth-order valence-electron chi connectivity index (χ4n) is 4.02. The third-order valence-corrected chi connectivity index (χ3v) is 7.91. The van der Waals surface area contributed by atoms with Crippen LogP contribution in [0.25, 0.3) is 22.3 Å². The van der Waals surface area contributed by atoms with E-state index in [2.05, 4.69) is 171 Å². The molecule has 0 aromatic heterocycles. The topological polar surface area (TPSA) is 0 Å². The molecule has 0 aliphatic heterocycles. The molecule has 0 saturated carbocycles. The lowest BCUT2D eigenvalue weighted by Gasteiger charge is -2.17. The van der Waals surface area contributed by atoms with E-state index in [9.17, 15) is 0 Å². The van der Waals surface area contributed by atoms with E-state index in [-0.39, 0.29) is 10.8 Å². The van der Waals surface area contributed by atoms with Gasteiger partial charge in [-0.25, -0.2) is 0 Å². The summed E-state index contributed by atoms with van der Waals surface area (Å²) in [6, 6.07) is 22.1. The Morgan fingerprint density at radius 2 is 0.824 bits per heavy atom. The summed E-state index contributed by atoms with van der Waals surface area (Å²) in [6.45, 7) is 13.5. The van der Waals surface area contributed by atoms with Crippen molar-refractivity contribution >= 4 is 45.2 Å². The van der Waals surface area contributed by atoms with Gasteiger partial charge in [0.05, 0.1) is 0 Å². The van der Waals surface area contributed by atoms with E-state index >= 15 is 0 Å². The molecule has 0 fully saturated rings. The molecule has 0 unspecified atom stereocenters. The Bertz CT molecular complexity index is 1320. The maximum absolute atomic E-state index is 3.31. The second-order valence-electron chi connectivity index (χ2n) is 10.7. The van der Waals surface area contributed by atoms with Gasteiger partial charge in [-0.3, -0.25) is 0 Å². The van der Waals surface area contributed by atoms with Gasteiger partial charge >= 0.3 is 0 Å². The highest BCUT2D eigenvalue weighted by molar-refractivity contribution is 14.1. The summed E-state index contributed by atoms with van der Waals surface area (Å²) >= 11 is 4.80. The van der Waals surface area contributed by atoms with Gasteiger partial charge in [-0.1, -0.05) is 102 Å². The lowest BCUT2D eigenvalue weighted by Crippen LogP contribution is -2.09. The second kappa shape index (κ2) is 9.56. The summed E-state index contributed by atoms with van der Waals surface area (Å²) in [5, 5.41) is 0. The Kier molecular flexibility index (Phi) is 7.05. The van der Waals surface area contributed by atoms with Crippen LogP contribution in [0.3, 0.4) is 0 Å². The van der Waals surface area contributed by atoms with Crippen LogP contribution in [0.2, 0.25) is 0 Å². The van der Waals surface area contributed by atoms with Gasteiger partial charge in [0, 0.05) is 18.3 Å². The SMILES string of the molecule is CC(C)(C)c1ccc2c(I)cc(C#CC#Cc3cc(I)c4ccc(C(C)(C)C)ccc3-4)c-2cc1. The first-order valence-corrected chi connectivity index (χ1v) is 13.6. The third kappa shape index (κ3) is 5.29. The quantitative estimate of drug-likeness (QED) is 0.130. The maximum atomic E-state index is 3.31. The minimum absolute atomic E-state index is 0.114. The summed E-state index contributed by atoms with van der Waals surface area (Å²) in [6.07, 6.45) is 0. The standard InChI is InChI=1S/C32H28I2/c1-31(2,3)23-11-15-25-21(19-29(33)27(25)17-13-23)9-7-8-10-22-20-30(34)28-18-14-24(32(4,5)6)12-16-26(22)28/h11-20H,1-6H3. The third-order valence-electron chi connectivity index (χ3n) is 6.12. The van der Waals surface area contributed by atoms with Gasteiger partial charge in [-0.05, 0) is 113 Å². The van der Waals surface area contributed by atoms with Crippen LogP contribution in [0.1, 0.15) is 63.8 Å². The van der Waals surface area contributed by atoms with Crippen LogP contribution < -0.4 is 0 Å². The second-order valence-corrected chi connectivity index (χ2v) is 13.0. The zero-order chi connectivity index (χ0) is 24.7. The van der Waals surface area contributed by atoms with Crippen LogP contribution in [0.5, 0.6) is 0 Å². The fourth-order valence-corrected chi connectivity index (χ4v) is 5.58. The van der Waals surface area contributed by atoms with Gasteiger partial charge in [0.2, 0.25) is 0 Å². The van der Waals surface area contributed by atoms with Gasteiger partial charge < -0.3 is 0 Å². The lowest BCUT2D eigenvalue weighted by atomic mass is 9.88. The first-order chi connectivity index (χ1) is 15.9. The first kappa shape index (κ1) is 25.1. The largest absolute Gasteiger partial charge is 0.0579 e. The molecule has 0 radical (unpaired) electrons. The molecule has 0 N–H and O–H groups in total. The normalized spacial score (nSPS) is 11.6. The van der Waals surface area contributed by atoms with Gasteiger partial charge in [-0.2, -0.15) is 0 Å². The van der Waals surface area contributed by atoms with Crippen LogP contribution in [-0.2, 0) is 10.8 Å². The predicted octanol–water partition coefficient (Wildman–Crippen LogP) is 9.10. The Hall–Kier alpha value is -2.02. The summed E-state index contributed by atoms with van der Waals surface area (Å²) in [4.78, 5) is 0. The molecule has 0 atom stereocenters. The predicted molar refractivity (Wildman–Crippen MR) is 163 cm³/mol. The lowest BCUT2D eigenvalue weighted by molar-refractivity contribution is 0.590. The van der Waals surface area contributed by atoms with Gasteiger partial charge in [0.25, 0.3) is 0 Å². The molecule has 34 heavy (non-hydrogen) atoms. The average molecular weight is 666 g/mol. The zero-order valence-electron chi connectivity index (χ0n) is 20.5. The molecule has 0 spiro atoms. The fraction of sp³-hybridized carbons (Fsp3) is 0.250. The van der Waals surface area contributed by atoms with Crippen molar-refractivity contribution in [3.63, 3.8) is 0 Å². The van der Waals surface area contributed by atoms with Gasteiger partial charge in [-0.15, -0.1) is 0 Å². The molecular formula is C32H28I2. The number of hydrogen-bond acceptors (Lipinski definition) is 0. The van der Waals surface area contributed by atoms with Crippen LogP contribution in [0.4, 0.5) is 0 Å². The van der Waals surface area contributed by atoms with Crippen LogP contribution >= 0.6 is 45.2 Å². The van der Waals surface area contributed by atoms with Crippen molar-refractivity contribution in [1.29, 1.82) is 0 Å². The van der Waals surface area contributed by atoms with Crippen molar-refractivity contribution < 1.29 is 0 Å². The summed E-state index contributed by atoms with van der Waals surface area (Å²) < 4.78 is 2.44. The van der Waals surface area contributed by atoms with Crippen molar-refractivity contribution in [2.45, 2.75) is 52.4 Å². The number of rotatable bonds is 0. The Morgan fingerprint density at radius 3 is 1.15 bits per heavy atom. The molecule has 0 nitrogen and oxygen atoms in total. The molecule has 0 amide bonds. The zero-order valence-corrected chi connectivity index (χ0v) is 24.8. The van der Waals surface area contributed by atoms with Crippen molar-refractivity contribution in [3.8, 4) is 45.9 Å².